The summed E-state index contributed by atoms with van der Waals surface area (Å²) in [5, 5.41) is 0. The van der Waals surface area contributed by atoms with Crippen LogP contribution in [0, 0.1) is 11.6 Å². The predicted octanol–water partition coefficient (Wildman–Crippen LogP) is 2.92. The van der Waals surface area contributed by atoms with Crippen molar-refractivity contribution in [2.75, 3.05) is 0 Å². The molecule has 5 nitrogen and oxygen atoms in total. The molecule has 0 fully saturated rings. The summed E-state index contributed by atoms with van der Waals surface area (Å²) >= 11 is 0. The second-order valence-corrected chi connectivity index (χ2v) is 4.81. The predicted molar refractivity (Wildman–Crippen MR) is 56.7 cm³/mol. The van der Waals surface area contributed by atoms with Crippen LogP contribution in [0.5, 0.6) is 0 Å². The summed E-state index contributed by atoms with van der Waals surface area (Å²) in [4.78, 5) is 0.816. The van der Waals surface area contributed by atoms with E-state index >= 15 is 0 Å². The van der Waals surface area contributed by atoms with Gasteiger partial charge in [0.2, 0.25) is 0 Å². The van der Waals surface area contributed by atoms with Crippen molar-refractivity contribution in [1.82, 2.24) is 0 Å². The van der Waals surface area contributed by atoms with Crippen LogP contribution in [0.3, 0.4) is 0 Å². The number of azide groups is 1. The second-order valence-electron chi connectivity index (χ2n) is 3.28. The van der Waals surface area contributed by atoms with Crippen molar-refractivity contribution in [3.8, 4) is 0 Å². The van der Waals surface area contributed by atoms with Crippen LogP contribution in [0.2, 0.25) is 0 Å². The first-order valence-electron chi connectivity index (χ1n) is 4.71. The summed E-state index contributed by atoms with van der Waals surface area (Å²) in [5.74, 6) is -2.50. The average Bonchev–Trinajstić information content (AvgIpc) is 2.15. The molecule has 0 heterocycles. The minimum Gasteiger partial charge on any atom is -0.216 e. The molecule has 0 bridgehead atoms. The Hall–Kier alpha value is -1.66. The third-order valence-corrected chi connectivity index (χ3v) is 3.19. The van der Waals surface area contributed by atoms with Gasteiger partial charge in [-0.2, -0.15) is 0 Å². The van der Waals surface area contributed by atoms with Gasteiger partial charge in [-0.05, 0) is 29.6 Å². The van der Waals surface area contributed by atoms with E-state index in [2.05, 4.69) is 4.52 Å². The lowest BCUT2D eigenvalue weighted by Gasteiger charge is -2.05. The SMILES string of the molecule is CCCc1cc(F)c(S(=O)(=O)N=[N+]=[N-])c(F)c1. The van der Waals surface area contributed by atoms with Gasteiger partial charge in [0, 0.05) is 9.43 Å². The highest BCUT2D eigenvalue weighted by Crippen LogP contribution is 2.23. The van der Waals surface area contributed by atoms with E-state index in [-0.39, 0.29) is 0 Å². The fourth-order valence-electron chi connectivity index (χ4n) is 1.38. The second kappa shape index (κ2) is 5.11. The molecule has 0 atom stereocenters. The van der Waals surface area contributed by atoms with Crippen LogP contribution in [-0.4, -0.2) is 8.42 Å². The van der Waals surface area contributed by atoms with E-state index in [1.54, 1.807) is 0 Å². The lowest BCUT2D eigenvalue weighted by molar-refractivity contribution is 0.517. The molecule has 0 aromatic heterocycles. The Morgan fingerprint density at radius 1 is 1.35 bits per heavy atom. The molecule has 0 unspecified atom stereocenters. The Morgan fingerprint density at radius 3 is 2.29 bits per heavy atom. The number of rotatable bonds is 4. The van der Waals surface area contributed by atoms with Crippen LogP contribution in [-0.2, 0) is 16.4 Å². The van der Waals surface area contributed by atoms with E-state index in [1.807, 2.05) is 11.8 Å². The third kappa shape index (κ3) is 2.92. The molecule has 1 rings (SSSR count). The van der Waals surface area contributed by atoms with E-state index in [4.69, 9.17) is 5.53 Å². The number of benzene rings is 1. The van der Waals surface area contributed by atoms with E-state index in [0.717, 1.165) is 12.1 Å². The molecule has 0 amide bonds. The first-order valence-corrected chi connectivity index (χ1v) is 6.15. The minimum atomic E-state index is -4.65. The highest BCUT2D eigenvalue weighted by Gasteiger charge is 2.23. The van der Waals surface area contributed by atoms with E-state index in [1.165, 1.54) is 0 Å². The largest absolute Gasteiger partial charge is 0.270 e. The number of hydrogen-bond acceptors (Lipinski definition) is 2. The molecule has 8 heteroatoms. The van der Waals surface area contributed by atoms with Gasteiger partial charge in [-0.3, -0.25) is 0 Å². The summed E-state index contributed by atoms with van der Waals surface area (Å²) in [6.45, 7) is 1.82. The molecule has 0 aliphatic rings. The molecule has 0 spiro atoms. The van der Waals surface area contributed by atoms with Crippen molar-refractivity contribution in [2.24, 2.45) is 4.52 Å². The topological polar surface area (TPSA) is 82.9 Å². The Labute approximate surface area is 96.8 Å². The molecule has 0 saturated heterocycles. The smallest absolute Gasteiger partial charge is 0.216 e. The van der Waals surface area contributed by atoms with Crippen molar-refractivity contribution < 1.29 is 17.2 Å². The van der Waals surface area contributed by atoms with Crippen molar-refractivity contribution in [1.29, 1.82) is 0 Å². The first kappa shape index (κ1) is 13.4. The van der Waals surface area contributed by atoms with E-state index in [0.29, 0.717) is 18.4 Å². The molecule has 17 heavy (non-hydrogen) atoms. The van der Waals surface area contributed by atoms with Crippen molar-refractivity contribution >= 4 is 10.0 Å². The maximum absolute atomic E-state index is 13.5. The standard InChI is InChI=1S/C9H9F2N3O2S/c1-2-3-6-4-7(10)9(8(11)5-6)17(15,16)14-13-12/h4-5H,2-3H2,1H3. The summed E-state index contributed by atoms with van der Waals surface area (Å²) in [7, 11) is -4.65. The average molecular weight is 261 g/mol. The van der Waals surface area contributed by atoms with Crippen molar-refractivity contribution in [3.63, 3.8) is 0 Å². The van der Waals surface area contributed by atoms with Gasteiger partial charge in [0.05, 0.1) is 0 Å². The molecule has 1 aromatic rings. The van der Waals surface area contributed by atoms with Crippen LogP contribution in [0.15, 0.2) is 21.5 Å². The van der Waals surface area contributed by atoms with Gasteiger partial charge in [0.1, 0.15) is 16.5 Å². The van der Waals surface area contributed by atoms with Crippen molar-refractivity contribution in [2.45, 2.75) is 24.7 Å². The molecule has 0 N–H and O–H groups in total. The van der Waals surface area contributed by atoms with Gasteiger partial charge in [-0.15, -0.1) is 0 Å². The Balaban J connectivity index is 3.42. The van der Waals surface area contributed by atoms with Crippen molar-refractivity contribution in [3.05, 3.63) is 39.8 Å². The molecule has 1 aromatic carbocycles. The quantitative estimate of drug-likeness (QED) is 0.474. The summed E-state index contributed by atoms with van der Waals surface area (Å²) < 4.78 is 51.8. The highest BCUT2D eigenvalue weighted by atomic mass is 32.2. The van der Waals surface area contributed by atoms with E-state index in [9.17, 15) is 17.2 Å². The Kier molecular flexibility index (Phi) is 4.03. The third-order valence-electron chi connectivity index (χ3n) is 2.00. The Bertz CT molecular complexity index is 557. The normalized spacial score (nSPS) is 11.0. The summed E-state index contributed by atoms with van der Waals surface area (Å²) in [6.07, 6.45) is 1.09. The molecule has 92 valence electrons. The van der Waals surface area contributed by atoms with Crippen LogP contribution in [0.1, 0.15) is 18.9 Å². The van der Waals surface area contributed by atoms with Gasteiger partial charge in [-0.25, -0.2) is 17.2 Å². The van der Waals surface area contributed by atoms with Crippen LogP contribution in [0.4, 0.5) is 8.78 Å². The molecule has 0 saturated carbocycles. The molecule has 0 radical (unpaired) electrons. The number of aryl methyl sites for hydroxylation is 1. The fraction of sp³-hybridized carbons (Fsp3) is 0.333. The van der Waals surface area contributed by atoms with Gasteiger partial charge in [-0.1, -0.05) is 13.3 Å². The number of hydrogen-bond donors (Lipinski definition) is 0. The molecular formula is C9H9F2N3O2S. The molecule has 0 aliphatic carbocycles. The van der Waals surface area contributed by atoms with Crippen LogP contribution in [0.25, 0.3) is 10.4 Å². The fourth-order valence-corrected chi connectivity index (χ4v) is 2.17. The summed E-state index contributed by atoms with van der Waals surface area (Å²) in [6, 6.07) is 1.85. The number of sulfonamides is 1. The zero-order valence-electron chi connectivity index (χ0n) is 8.89. The zero-order chi connectivity index (χ0) is 13.1. The maximum Gasteiger partial charge on any atom is 0.270 e. The van der Waals surface area contributed by atoms with Gasteiger partial charge in [0.25, 0.3) is 10.0 Å². The number of halogens is 2. The van der Waals surface area contributed by atoms with Crippen LogP contribution >= 0.6 is 0 Å². The summed E-state index contributed by atoms with van der Waals surface area (Å²) in [5.41, 5.74) is 8.37. The monoisotopic (exact) mass is 261 g/mol. The van der Waals surface area contributed by atoms with E-state index < -0.39 is 26.6 Å². The van der Waals surface area contributed by atoms with Crippen LogP contribution < -0.4 is 0 Å². The first-order chi connectivity index (χ1) is 7.92. The highest BCUT2D eigenvalue weighted by molar-refractivity contribution is 7.90. The minimum absolute atomic E-state index is 0.349. The maximum atomic E-state index is 13.5. The van der Waals surface area contributed by atoms with Gasteiger partial charge >= 0.3 is 0 Å². The van der Waals surface area contributed by atoms with Gasteiger partial charge < -0.3 is 0 Å². The van der Waals surface area contributed by atoms with Gasteiger partial charge in [0.15, 0.2) is 0 Å². The number of nitrogens with zero attached hydrogens (tertiary/aromatic N) is 3. The molecule has 0 aliphatic heterocycles. The lowest BCUT2D eigenvalue weighted by Crippen LogP contribution is -2.04. The lowest BCUT2D eigenvalue weighted by atomic mass is 10.1. The zero-order valence-corrected chi connectivity index (χ0v) is 9.71. The molecular weight excluding hydrogens is 252 g/mol. The Morgan fingerprint density at radius 2 is 1.88 bits per heavy atom.